The molecule has 0 heterocycles. The quantitative estimate of drug-likeness (QED) is 0.236. The van der Waals surface area contributed by atoms with Crippen LogP contribution in [-0.4, -0.2) is 29.4 Å². The summed E-state index contributed by atoms with van der Waals surface area (Å²) in [4.78, 5) is 0. The van der Waals surface area contributed by atoms with Crippen molar-refractivity contribution in [2.24, 2.45) is 0 Å². The van der Waals surface area contributed by atoms with Crippen LogP contribution in [0.3, 0.4) is 0 Å². The van der Waals surface area contributed by atoms with Gasteiger partial charge in [0.25, 0.3) is 0 Å². The van der Waals surface area contributed by atoms with E-state index < -0.39 is 21.5 Å². The molecule has 25 heavy (non-hydrogen) atoms. The van der Waals surface area contributed by atoms with Crippen LogP contribution in [0.5, 0.6) is 0 Å². The summed E-state index contributed by atoms with van der Waals surface area (Å²) in [6.07, 6.45) is 13.9. The van der Waals surface area contributed by atoms with Crippen LogP contribution in [0.1, 0.15) is 110 Å². The monoisotopic (exact) mass is 386 g/mol. The van der Waals surface area contributed by atoms with Crippen LogP contribution in [0.15, 0.2) is 0 Å². The van der Waals surface area contributed by atoms with Crippen LogP contribution in [0.25, 0.3) is 0 Å². The Balaban J connectivity index is 0. The Bertz CT molecular complexity index is 374. The van der Waals surface area contributed by atoms with Gasteiger partial charge in [0.2, 0.25) is 0 Å². The van der Waals surface area contributed by atoms with Crippen molar-refractivity contribution < 1.29 is 47.6 Å². The Morgan fingerprint density at radius 3 is 1.64 bits per heavy atom. The Morgan fingerprint density at radius 2 is 1.16 bits per heavy atom. The summed E-state index contributed by atoms with van der Waals surface area (Å²) in [5, 5.41) is 9.14. The van der Waals surface area contributed by atoms with Gasteiger partial charge in [0, 0.05) is 0 Å². The van der Waals surface area contributed by atoms with E-state index >= 15 is 0 Å². The number of aliphatic hydroxyl groups is 1. The predicted octanol–water partition coefficient (Wildman–Crippen LogP) is 2.16. The second kappa shape index (κ2) is 18.2. The third kappa shape index (κ3) is 18.0. The zero-order valence-electron chi connectivity index (χ0n) is 16.8. The molecule has 0 aromatic carbocycles. The third-order valence-corrected chi connectivity index (χ3v) is 5.96. The topological polar surface area (TPSA) is 77.4 Å². The normalized spacial score (nSPS) is 14.1. The van der Waals surface area contributed by atoms with E-state index in [4.69, 9.17) is 0 Å². The van der Waals surface area contributed by atoms with Gasteiger partial charge in [-0.3, -0.25) is 0 Å². The molecule has 6 heteroatoms. The van der Waals surface area contributed by atoms with Crippen molar-refractivity contribution in [3.63, 3.8) is 0 Å². The molecule has 2 unspecified atom stereocenters. The standard InChI is InChI=1S/C19H40O4S.Na/c1-3-5-7-9-10-11-12-13-15-18(20)17-19(24(21,22)23)16-14-8-6-4-2;/h18-20H,3-17H2,1-2H3,(H,21,22,23);/q;+1/p-1. The summed E-state index contributed by atoms with van der Waals surface area (Å²) in [6, 6.07) is 0. The van der Waals surface area contributed by atoms with Gasteiger partial charge in [-0.2, -0.15) is 0 Å². The molecule has 0 aliphatic heterocycles. The van der Waals surface area contributed by atoms with Crippen molar-refractivity contribution in [2.75, 3.05) is 0 Å². The number of hydrogen-bond donors (Lipinski definition) is 1. The van der Waals surface area contributed by atoms with Gasteiger partial charge in [0.05, 0.1) is 21.5 Å². The van der Waals surface area contributed by atoms with Crippen LogP contribution < -0.4 is 29.6 Å². The third-order valence-electron chi connectivity index (χ3n) is 4.71. The maximum absolute atomic E-state index is 11.4. The SMILES string of the molecule is CCCCCCCCCCC(O)CC(CCCCCC)S(=O)(=O)[O-].[Na+]. The first-order valence-electron chi connectivity index (χ1n) is 10.0. The minimum Gasteiger partial charge on any atom is -0.748 e. The first-order chi connectivity index (χ1) is 11.4. The van der Waals surface area contributed by atoms with Gasteiger partial charge in [-0.15, -0.1) is 0 Å². The first-order valence-corrected chi connectivity index (χ1v) is 11.5. The second-order valence-electron chi connectivity index (χ2n) is 7.12. The summed E-state index contributed by atoms with van der Waals surface area (Å²) >= 11 is 0. The van der Waals surface area contributed by atoms with Gasteiger partial charge in [0.1, 0.15) is 0 Å². The van der Waals surface area contributed by atoms with Crippen molar-refractivity contribution in [1.82, 2.24) is 0 Å². The molecule has 0 aliphatic carbocycles. The van der Waals surface area contributed by atoms with Gasteiger partial charge >= 0.3 is 29.6 Å². The minimum absolute atomic E-state index is 0. The molecule has 0 amide bonds. The van der Waals surface area contributed by atoms with Crippen molar-refractivity contribution in [3.05, 3.63) is 0 Å². The van der Waals surface area contributed by atoms with Crippen LogP contribution >= 0.6 is 0 Å². The maximum atomic E-state index is 11.4. The van der Waals surface area contributed by atoms with Gasteiger partial charge in [-0.1, -0.05) is 90.9 Å². The van der Waals surface area contributed by atoms with E-state index in [0.29, 0.717) is 12.8 Å². The molecule has 0 aromatic rings. The largest absolute Gasteiger partial charge is 1.00 e. The van der Waals surface area contributed by atoms with Gasteiger partial charge in [0.15, 0.2) is 0 Å². The zero-order chi connectivity index (χ0) is 18.3. The average Bonchev–Trinajstić information content (AvgIpc) is 2.52. The fourth-order valence-electron chi connectivity index (χ4n) is 3.11. The van der Waals surface area contributed by atoms with Crippen molar-refractivity contribution >= 4 is 10.1 Å². The molecule has 0 fully saturated rings. The van der Waals surface area contributed by atoms with E-state index in [-0.39, 0.29) is 36.0 Å². The summed E-state index contributed by atoms with van der Waals surface area (Å²) in [7, 11) is -4.31. The summed E-state index contributed by atoms with van der Waals surface area (Å²) in [6.45, 7) is 4.30. The summed E-state index contributed by atoms with van der Waals surface area (Å²) in [5.74, 6) is 0. The molecule has 4 nitrogen and oxygen atoms in total. The Morgan fingerprint density at radius 1 is 0.760 bits per heavy atom. The Kier molecular flexibility index (Phi) is 20.5. The fraction of sp³-hybridized carbons (Fsp3) is 1.00. The predicted molar refractivity (Wildman–Crippen MR) is 100 cm³/mol. The molecule has 0 saturated carbocycles. The van der Waals surface area contributed by atoms with Crippen molar-refractivity contribution in [2.45, 2.75) is 122 Å². The zero-order valence-corrected chi connectivity index (χ0v) is 19.7. The smallest absolute Gasteiger partial charge is 0.748 e. The van der Waals surface area contributed by atoms with E-state index in [0.717, 1.165) is 38.5 Å². The molecule has 146 valence electrons. The number of aliphatic hydroxyl groups excluding tert-OH is 1. The van der Waals surface area contributed by atoms with Gasteiger partial charge in [-0.25, -0.2) is 8.42 Å². The van der Waals surface area contributed by atoms with E-state index in [1.54, 1.807) is 0 Å². The van der Waals surface area contributed by atoms with Gasteiger partial charge < -0.3 is 9.66 Å². The van der Waals surface area contributed by atoms with E-state index in [1.165, 1.54) is 38.5 Å². The summed E-state index contributed by atoms with van der Waals surface area (Å²) < 4.78 is 34.1. The second-order valence-corrected chi connectivity index (χ2v) is 8.77. The van der Waals surface area contributed by atoms with Gasteiger partial charge in [-0.05, 0) is 19.3 Å². The fourth-order valence-corrected chi connectivity index (χ4v) is 4.03. The molecule has 0 aromatic heterocycles. The minimum atomic E-state index is -4.31. The first kappa shape index (κ1) is 28.1. The van der Waals surface area contributed by atoms with Crippen LogP contribution in [0.4, 0.5) is 0 Å². The molecule has 0 bridgehead atoms. The molecule has 0 aliphatic rings. The Labute approximate surface area is 178 Å². The van der Waals surface area contributed by atoms with Crippen molar-refractivity contribution in [3.8, 4) is 0 Å². The molecule has 0 radical (unpaired) electrons. The van der Waals surface area contributed by atoms with Crippen LogP contribution in [0, 0.1) is 0 Å². The maximum Gasteiger partial charge on any atom is 1.00 e. The Hall–Kier alpha value is 0.870. The average molecular weight is 387 g/mol. The van der Waals surface area contributed by atoms with E-state index in [9.17, 15) is 18.1 Å². The van der Waals surface area contributed by atoms with Crippen molar-refractivity contribution in [1.29, 1.82) is 0 Å². The van der Waals surface area contributed by atoms with E-state index in [1.807, 2.05) is 0 Å². The molecular formula is C19H39NaO4S. The van der Waals surface area contributed by atoms with Crippen LogP contribution in [-0.2, 0) is 10.1 Å². The number of unbranched alkanes of at least 4 members (excludes halogenated alkanes) is 10. The number of rotatable bonds is 17. The molecule has 0 rings (SSSR count). The molecule has 1 N–H and O–H groups in total. The van der Waals surface area contributed by atoms with Crippen LogP contribution in [0.2, 0.25) is 0 Å². The molecular weight excluding hydrogens is 347 g/mol. The molecule has 2 atom stereocenters. The summed E-state index contributed by atoms with van der Waals surface area (Å²) in [5.41, 5.74) is 0. The molecule has 0 spiro atoms. The molecule has 0 saturated heterocycles. The van der Waals surface area contributed by atoms with E-state index in [2.05, 4.69) is 13.8 Å². The number of hydrogen-bond acceptors (Lipinski definition) is 4.